The first-order valence-electron chi connectivity index (χ1n) is 8.50. The molecule has 7 nitrogen and oxygen atoms in total. The molecule has 2 aromatic rings. The molecular formula is C18H27N5O2. The third-order valence-electron chi connectivity index (χ3n) is 3.98. The predicted octanol–water partition coefficient (Wildman–Crippen LogP) is 2.29. The van der Waals surface area contributed by atoms with E-state index in [1.807, 2.05) is 19.1 Å². The zero-order chi connectivity index (χ0) is 18.1. The molecule has 0 aliphatic heterocycles. The fraction of sp³-hybridized carbons (Fsp3) is 0.500. The number of aromatic nitrogens is 2. The van der Waals surface area contributed by atoms with Gasteiger partial charge in [0.2, 0.25) is 5.89 Å². The Morgan fingerprint density at radius 1 is 1.24 bits per heavy atom. The number of aliphatic imine (C=N–C) groups is 1. The summed E-state index contributed by atoms with van der Waals surface area (Å²) in [6, 6.07) is 8.23. The fourth-order valence-corrected chi connectivity index (χ4v) is 2.46. The molecule has 136 valence electrons. The first-order chi connectivity index (χ1) is 12.1. The van der Waals surface area contributed by atoms with Gasteiger partial charge >= 0.3 is 0 Å². The molecule has 0 bridgehead atoms. The summed E-state index contributed by atoms with van der Waals surface area (Å²) in [7, 11) is 3.44. The Kier molecular flexibility index (Phi) is 7.25. The minimum absolute atomic E-state index is 0.456. The fourth-order valence-electron chi connectivity index (χ4n) is 2.46. The lowest BCUT2D eigenvalue weighted by molar-refractivity contribution is 0.374. The van der Waals surface area contributed by atoms with Gasteiger partial charge in [0.15, 0.2) is 11.8 Å². The van der Waals surface area contributed by atoms with E-state index >= 15 is 0 Å². The number of benzene rings is 1. The highest BCUT2D eigenvalue weighted by molar-refractivity contribution is 5.79. The molecule has 0 spiro atoms. The van der Waals surface area contributed by atoms with Crippen molar-refractivity contribution in [3.8, 4) is 5.75 Å². The smallest absolute Gasteiger partial charge is 0.228 e. The van der Waals surface area contributed by atoms with Gasteiger partial charge in [-0.3, -0.25) is 4.99 Å². The van der Waals surface area contributed by atoms with E-state index in [1.54, 1.807) is 14.2 Å². The summed E-state index contributed by atoms with van der Waals surface area (Å²) in [5.41, 5.74) is 1.30. The Hall–Kier alpha value is -2.57. The van der Waals surface area contributed by atoms with Crippen molar-refractivity contribution in [2.45, 2.75) is 32.6 Å². The van der Waals surface area contributed by atoms with Crippen LogP contribution in [0, 0.1) is 6.92 Å². The Morgan fingerprint density at radius 2 is 1.96 bits per heavy atom. The van der Waals surface area contributed by atoms with Crippen LogP contribution in [0.25, 0.3) is 0 Å². The maximum atomic E-state index is 5.20. The number of rotatable bonds is 8. The lowest BCUT2D eigenvalue weighted by Gasteiger charge is -2.15. The molecule has 2 N–H and O–H groups in total. The molecule has 0 fully saturated rings. The minimum Gasteiger partial charge on any atom is -0.497 e. The number of hydrogen-bond acceptors (Lipinski definition) is 5. The molecule has 2 rings (SSSR count). The maximum absolute atomic E-state index is 5.20. The van der Waals surface area contributed by atoms with Gasteiger partial charge in [-0.15, -0.1) is 0 Å². The van der Waals surface area contributed by atoms with Gasteiger partial charge in [-0.2, -0.15) is 4.98 Å². The molecule has 0 aliphatic carbocycles. The van der Waals surface area contributed by atoms with Crippen molar-refractivity contribution < 1.29 is 9.26 Å². The van der Waals surface area contributed by atoms with Crippen molar-refractivity contribution in [3.05, 3.63) is 41.5 Å². The Labute approximate surface area is 148 Å². The first kappa shape index (κ1) is 18.8. The second-order valence-corrected chi connectivity index (χ2v) is 5.87. The molecule has 7 heteroatoms. The molecule has 0 radical (unpaired) electrons. The van der Waals surface area contributed by atoms with E-state index in [0.717, 1.165) is 24.7 Å². The van der Waals surface area contributed by atoms with Crippen LogP contribution in [-0.4, -0.2) is 43.3 Å². The average molecular weight is 345 g/mol. The van der Waals surface area contributed by atoms with Crippen LogP contribution in [0.3, 0.4) is 0 Å². The van der Waals surface area contributed by atoms with Gasteiger partial charge in [-0.25, -0.2) is 0 Å². The number of nitrogens with zero attached hydrogens (tertiary/aromatic N) is 3. The van der Waals surface area contributed by atoms with Crippen molar-refractivity contribution in [3.63, 3.8) is 0 Å². The summed E-state index contributed by atoms with van der Waals surface area (Å²) in [5.74, 6) is 3.41. The van der Waals surface area contributed by atoms with Crippen molar-refractivity contribution >= 4 is 5.96 Å². The number of guanidine groups is 1. The summed E-state index contributed by atoms with van der Waals surface area (Å²) >= 11 is 0. The molecule has 0 aliphatic rings. The van der Waals surface area contributed by atoms with E-state index in [2.05, 4.69) is 44.8 Å². The number of hydrogen-bond donors (Lipinski definition) is 2. The first-order valence-corrected chi connectivity index (χ1v) is 8.50. The van der Waals surface area contributed by atoms with Crippen LogP contribution >= 0.6 is 0 Å². The number of methoxy groups -OCH3 is 1. The van der Waals surface area contributed by atoms with Crippen LogP contribution in [-0.2, 0) is 6.42 Å². The van der Waals surface area contributed by atoms with E-state index in [-0.39, 0.29) is 0 Å². The largest absolute Gasteiger partial charge is 0.497 e. The lowest BCUT2D eigenvalue weighted by atomic mass is 9.98. The zero-order valence-electron chi connectivity index (χ0n) is 15.4. The SMILES string of the molecule is CN=C(NCCc1nc(C)no1)NCCC(C)c1ccc(OC)cc1. The summed E-state index contributed by atoms with van der Waals surface area (Å²) in [5, 5.41) is 10.4. The lowest BCUT2D eigenvalue weighted by Crippen LogP contribution is -2.39. The maximum Gasteiger partial charge on any atom is 0.228 e. The quantitative estimate of drug-likeness (QED) is 0.564. The van der Waals surface area contributed by atoms with Crippen LogP contribution in [0.15, 0.2) is 33.8 Å². The minimum atomic E-state index is 0.456. The van der Waals surface area contributed by atoms with Crippen molar-refractivity contribution in [2.24, 2.45) is 4.99 Å². The van der Waals surface area contributed by atoms with E-state index in [4.69, 9.17) is 9.26 Å². The van der Waals surface area contributed by atoms with Crippen molar-refractivity contribution in [1.29, 1.82) is 0 Å². The highest BCUT2D eigenvalue weighted by Gasteiger charge is 2.07. The molecule has 1 atom stereocenters. The van der Waals surface area contributed by atoms with Gasteiger partial charge in [0.05, 0.1) is 7.11 Å². The normalized spacial score (nSPS) is 12.7. The van der Waals surface area contributed by atoms with Gasteiger partial charge in [-0.1, -0.05) is 24.2 Å². The third-order valence-corrected chi connectivity index (χ3v) is 3.98. The number of nitrogens with one attached hydrogen (secondary N) is 2. The summed E-state index contributed by atoms with van der Waals surface area (Å²) in [6.45, 7) is 5.56. The Bertz CT molecular complexity index is 666. The Morgan fingerprint density at radius 3 is 2.56 bits per heavy atom. The molecule has 1 unspecified atom stereocenters. The monoisotopic (exact) mass is 345 g/mol. The van der Waals surface area contributed by atoms with E-state index < -0.39 is 0 Å². The van der Waals surface area contributed by atoms with Gasteiger partial charge in [0.25, 0.3) is 0 Å². The summed E-state index contributed by atoms with van der Waals surface area (Å²) in [6.07, 6.45) is 1.68. The molecule has 0 saturated heterocycles. The van der Waals surface area contributed by atoms with Gasteiger partial charge in [0, 0.05) is 26.6 Å². The number of ether oxygens (including phenoxy) is 1. The van der Waals surface area contributed by atoms with E-state index in [9.17, 15) is 0 Å². The zero-order valence-corrected chi connectivity index (χ0v) is 15.4. The molecule has 1 aromatic heterocycles. The number of aryl methyl sites for hydroxylation is 1. The van der Waals surface area contributed by atoms with E-state index in [0.29, 0.717) is 30.6 Å². The van der Waals surface area contributed by atoms with E-state index in [1.165, 1.54) is 5.56 Å². The van der Waals surface area contributed by atoms with Crippen molar-refractivity contribution in [1.82, 2.24) is 20.8 Å². The van der Waals surface area contributed by atoms with Gasteiger partial charge in [-0.05, 0) is 37.0 Å². The summed E-state index contributed by atoms with van der Waals surface area (Å²) in [4.78, 5) is 8.41. The molecule has 25 heavy (non-hydrogen) atoms. The average Bonchev–Trinajstić information content (AvgIpc) is 3.05. The van der Waals surface area contributed by atoms with Crippen LogP contribution in [0.4, 0.5) is 0 Å². The molecule has 0 saturated carbocycles. The Balaban J connectivity index is 1.69. The third kappa shape index (κ3) is 6.10. The molecule has 1 aromatic carbocycles. The molecule has 1 heterocycles. The second-order valence-electron chi connectivity index (χ2n) is 5.87. The van der Waals surface area contributed by atoms with Crippen molar-refractivity contribution in [2.75, 3.05) is 27.2 Å². The second kappa shape index (κ2) is 9.66. The topological polar surface area (TPSA) is 84.6 Å². The highest BCUT2D eigenvalue weighted by Crippen LogP contribution is 2.21. The van der Waals surface area contributed by atoms with Crippen LogP contribution in [0.1, 0.15) is 36.5 Å². The standard InChI is InChI=1S/C18H27N5O2/c1-13(15-5-7-16(24-4)8-6-15)9-11-20-18(19-3)21-12-10-17-22-14(2)23-25-17/h5-8,13H,9-12H2,1-4H3,(H2,19,20,21). The molecular weight excluding hydrogens is 318 g/mol. The van der Waals surface area contributed by atoms with Gasteiger partial charge < -0.3 is 19.9 Å². The van der Waals surface area contributed by atoms with Crippen LogP contribution < -0.4 is 15.4 Å². The van der Waals surface area contributed by atoms with Crippen LogP contribution in [0.5, 0.6) is 5.75 Å². The summed E-state index contributed by atoms with van der Waals surface area (Å²) < 4.78 is 10.3. The van der Waals surface area contributed by atoms with Gasteiger partial charge in [0.1, 0.15) is 5.75 Å². The highest BCUT2D eigenvalue weighted by atomic mass is 16.5. The van der Waals surface area contributed by atoms with Crippen LogP contribution in [0.2, 0.25) is 0 Å². The molecule has 0 amide bonds. The predicted molar refractivity (Wildman–Crippen MR) is 98.1 cm³/mol.